The molecule has 2 aromatic rings. The van der Waals surface area contributed by atoms with Crippen LogP contribution in [0, 0.1) is 0 Å². The molecule has 13 heteroatoms. The molecule has 222 valence electrons. The maximum atomic E-state index is 13.5. The highest BCUT2D eigenvalue weighted by atomic mass is 16.6. The van der Waals surface area contributed by atoms with E-state index in [2.05, 4.69) is 10.3 Å². The van der Waals surface area contributed by atoms with Crippen molar-refractivity contribution in [3.8, 4) is 0 Å². The van der Waals surface area contributed by atoms with Gasteiger partial charge in [0, 0.05) is 6.42 Å². The molecule has 2 heterocycles. The minimum Gasteiger partial charge on any atom is -0.481 e. The van der Waals surface area contributed by atoms with Gasteiger partial charge < -0.3 is 24.6 Å². The lowest BCUT2D eigenvalue weighted by Crippen LogP contribution is -2.57. The Morgan fingerprint density at radius 3 is 2.20 bits per heavy atom. The van der Waals surface area contributed by atoms with E-state index in [0.29, 0.717) is 17.0 Å². The first-order valence-electron chi connectivity index (χ1n) is 13.0. The topological polar surface area (TPSA) is 166 Å². The summed E-state index contributed by atoms with van der Waals surface area (Å²) < 4.78 is 17.4. The second kappa shape index (κ2) is 12.4. The summed E-state index contributed by atoms with van der Waals surface area (Å²) in [6.45, 7) is 9.75. The molecule has 0 radical (unpaired) electrons. The molecule has 1 aromatic heterocycles. The Balaban J connectivity index is 1.86. The second-order valence-electron chi connectivity index (χ2n) is 11.6. The Kier molecular flexibility index (Phi) is 9.41. The lowest BCUT2D eigenvalue weighted by atomic mass is 10.0. The first-order chi connectivity index (χ1) is 19.0. The van der Waals surface area contributed by atoms with E-state index in [4.69, 9.17) is 14.2 Å². The van der Waals surface area contributed by atoms with Crippen molar-refractivity contribution in [1.82, 2.24) is 19.8 Å². The van der Waals surface area contributed by atoms with Crippen molar-refractivity contribution in [2.24, 2.45) is 0 Å². The van der Waals surface area contributed by atoms with Gasteiger partial charge in [-0.2, -0.15) is 0 Å². The summed E-state index contributed by atoms with van der Waals surface area (Å²) >= 11 is 0. The highest BCUT2D eigenvalue weighted by molar-refractivity contribution is 5.92. The fraction of sp³-hybridized carbons (Fsp3) is 0.500. The van der Waals surface area contributed by atoms with Crippen LogP contribution in [0.15, 0.2) is 36.7 Å². The Labute approximate surface area is 237 Å². The molecule has 41 heavy (non-hydrogen) atoms. The minimum atomic E-state index is -1.52. The zero-order valence-corrected chi connectivity index (χ0v) is 24.0. The van der Waals surface area contributed by atoms with Crippen molar-refractivity contribution < 1.29 is 43.3 Å². The van der Waals surface area contributed by atoms with Crippen LogP contribution in [0.25, 0.3) is 0 Å². The average Bonchev–Trinajstić information content (AvgIpc) is 3.27. The molecule has 2 atom stereocenters. The molecule has 0 spiro atoms. The Hall–Kier alpha value is -4.42. The van der Waals surface area contributed by atoms with E-state index in [1.807, 2.05) is 0 Å². The molecule has 0 fully saturated rings. The van der Waals surface area contributed by atoms with E-state index >= 15 is 0 Å². The molecular weight excluding hydrogens is 536 g/mol. The van der Waals surface area contributed by atoms with Gasteiger partial charge in [-0.15, -0.1) is 0 Å². The normalized spacial score (nSPS) is 15.8. The number of aromatic nitrogens is 2. The zero-order chi connectivity index (χ0) is 30.5. The summed E-state index contributed by atoms with van der Waals surface area (Å²) in [5, 5.41) is 11.8. The summed E-state index contributed by atoms with van der Waals surface area (Å²) in [5.74, 6) is -3.09. The summed E-state index contributed by atoms with van der Waals surface area (Å²) in [5.41, 5.74) is -0.324. The third-order valence-electron chi connectivity index (χ3n) is 5.76. The minimum absolute atomic E-state index is 0.120. The molecule has 13 nitrogen and oxygen atoms in total. The number of ether oxygens (including phenoxy) is 3. The number of carbonyl (C=O) groups is 5. The van der Waals surface area contributed by atoms with Gasteiger partial charge in [0.05, 0.1) is 24.4 Å². The van der Waals surface area contributed by atoms with Crippen LogP contribution in [0.1, 0.15) is 64.9 Å². The molecule has 1 aliphatic rings. The molecule has 2 amide bonds. The van der Waals surface area contributed by atoms with E-state index in [-0.39, 0.29) is 19.6 Å². The third kappa shape index (κ3) is 8.78. The van der Waals surface area contributed by atoms with E-state index in [9.17, 15) is 29.1 Å². The number of hydrogen-bond donors (Lipinski definition) is 2. The maximum absolute atomic E-state index is 13.5. The highest BCUT2D eigenvalue weighted by Gasteiger charge is 2.41. The fourth-order valence-electron chi connectivity index (χ4n) is 3.99. The van der Waals surface area contributed by atoms with E-state index < -0.39 is 59.7 Å². The number of carbonyl (C=O) groups excluding carboxylic acids is 4. The van der Waals surface area contributed by atoms with Crippen LogP contribution < -0.4 is 5.32 Å². The highest BCUT2D eigenvalue weighted by Crippen LogP contribution is 2.26. The Morgan fingerprint density at radius 2 is 1.61 bits per heavy atom. The van der Waals surface area contributed by atoms with E-state index in [1.54, 1.807) is 71.9 Å². The number of hydrogen-bond acceptors (Lipinski definition) is 9. The van der Waals surface area contributed by atoms with Crippen molar-refractivity contribution in [2.75, 3.05) is 0 Å². The fourth-order valence-corrected chi connectivity index (χ4v) is 3.99. The van der Waals surface area contributed by atoms with Crippen LogP contribution in [-0.2, 0) is 48.2 Å². The van der Waals surface area contributed by atoms with Gasteiger partial charge in [-0.05, 0) is 47.1 Å². The zero-order valence-electron chi connectivity index (χ0n) is 24.0. The molecule has 1 aliphatic heterocycles. The molecule has 0 unspecified atom stereocenters. The predicted molar refractivity (Wildman–Crippen MR) is 144 cm³/mol. The van der Waals surface area contributed by atoms with Crippen LogP contribution in [0.4, 0.5) is 9.59 Å². The SMILES string of the molecule is CC(C)(C)OC(=O)N1Cc2c(ncn2C(=O)OC(C)(C)C)C[C@H]1C(=O)N[C@@H](CC(=O)O)C(=O)OCc1ccccc1. The van der Waals surface area contributed by atoms with Crippen LogP contribution in [0.5, 0.6) is 0 Å². The van der Waals surface area contributed by atoms with Crippen molar-refractivity contribution in [2.45, 2.75) is 90.8 Å². The Morgan fingerprint density at radius 1 is 1.00 bits per heavy atom. The molecule has 0 saturated heterocycles. The number of fused-ring (bicyclic) bond motifs is 1. The third-order valence-corrected chi connectivity index (χ3v) is 5.76. The smallest absolute Gasteiger partial charge is 0.420 e. The quantitative estimate of drug-likeness (QED) is 0.372. The van der Waals surface area contributed by atoms with Crippen molar-refractivity contribution in [1.29, 1.82) is 0 Å². The largest absolute Gasteiger partial charge is 0.481 e. The van der Waals surface area contributed by atoms with E-state index in [1.165, 1.54) is 10.9 Å². The van der Waals surface area contributed by atoms with Crippen molar-refractivity contribution >= 4 is 30.0 Å². The summed E-state index contributed by atoms with van der Waals surface area (Å²) in [6, 6.07) is 6.02. The van der Waals surface area contributed by atoms with Gasteiger partial charge >= 0.3 is 24.1 Å². The number of nitrogens with zero attached hydrogens (tertiary/aromatic N) is 3. The number of nitrogens with one attached hydrogen (secondary N) is 1. The van der Waals surface area contributed by atoms with Crippen molar-refractivity contribution in [3.05, 3.63) is 53.6 Å². The van der Waals surface area contributed by atoms with Gasteiger partial charge in [0.2, 0.25) is 5.91 Å². The molecular formula is C28H36N4O9. The Bertz CT molecular complexity index is 1290. The van der Waals surface area contributed by atoms with Gasteiger partial charge in [-0.25, -0.2) is 23.9 Å². The summed E-state index contributed by atoms with van der Waals surface area (Å²) in [4.78, 5) is 69.2. The van der Waals surface area contributed by atoms with Crippen LogP contribution in [-0.4, -0.2) is 72.9 Å². The molecule has 2 N–H and O–H groups in total. The maximum Gasteiger partial charge on any atom is 0.420 e. The monoisotopic (exact) mass is 572 g/mol. The van der Waals surface area contributed by atoms with Gasteiger partial charge in [0.15, 0.2) is 0 Å². The number of aliphatic carboxylic acids is 1. The number of rotatable bonds is 7. The van der Waals surface area contributed by atoms with Gasteiger partial charge in [-0.3, -0.25) is 14.5 Å². The number of amides is 2. The second-order valence-corrected chi connectivity index (χ2v) is 11.6. The van der Waals surface area contributed by atoms with Crippen molar-refractivity contribution in [3.63, 3.8) is 0 Å². The average molecular weight is 573 g/mol. The van der Waals surface area contributed by atoms with Crippen LogP contribution in [0.2, 0.25) is 0 Å². The number of imidazole rings is 1. The molecule has 0 saturated carbocycles. The molecule has 3 rings (SSSR count). The predicted octanol–water partition coefficient (Wildman–Crippen LogP) is 3.03. The molecule has 0 aliphatic carbocycles. The van der Waals surface area contributed by atoms with Crippen LogP contribution in [0.3, 0.4) is 0 Å². The number of carboxylic acids is 1. The van der Waals surface area contributed by atoms with Gasteiger partial charge in [-0.1, -0.05) is 30.3 Å². The number of esters is 1. The number of carboxylic acid groups (broad SMARTS) is 1. The van der Waals surface area contributed by atoms with E-state index in [0.717, 1.165) is 4.90 Å². The van der Waals surface area contributed by atoms with Gasteiger partial charge in [0.1, 0.15) is 36.2 Å². The standard InChI is InChI=1S/C28H36N4O9/c1-27(2,3)40-25(37)31-14-21-18(29-16-32(21)26(38)41-28(4,5)6)12-20(31)23(35)30-19(13-22(33)34)24(36)39-15-17-10-8-7-9-11-17/h7-11,16,19-20H,12-15H2,1-6H3,(H,30,35)(H,33,34)/t19-,20-/m0/s1. The first kappa shape index (κ1) is 31.1. The summed E-state index contributed by atoms with van der Waals surface area (Å²) in [6.07, 6.45) is -1.17. The first-order valence-corrected chi connectivity index (χ1v) is 13.0. The molecule has 1 aromatic carbocycles. The summed E-state index contributed by atoms with van der Waals surface area (Å²) in [7, 11) is 0. The van der Waals surface area contributed by atoms with Gasteiger partial charge in [0.25, 0.3) is 0 Å². The van der Waals surface area contributed by atoms with Crippen LogP contribution >= 0.6 is 0 Å². The lowest BCUT2D eigenvalue weighted by Gasteiger charge is -2.36. The lowest BCUT2D eigenvalue weighted by molar-refractivity contribution is -0.153. The number of benzene rings is 1. The molecule has 0 bridgehead atoms.